The van der Waals surface area contributed by atoms with Crippen molar-refractivity contribution in [1.29, 1.82) is 0 Å². The van der Waals surface area contributed by atoms with Crippen molar-refractivity contribution in [3.05, 3.63) is 95.1 Å². The van der Waals surface area contributed by atoms with Crippen LogP contribution in [0.2, 0.25) is 0 Å². The van der Waals surface area contributed by atoms with Crippen molar-refractivity contribution in [2.45, 2.75) is 58.2 Å². The lowest BCUT2D eigenvalue weighted by Gasteiger charge is -2.29. The molecule has 0 bridgehead atoms. The van der Waals surface area contributed by atoms with Crippen LogP contribution in [0.15, 0.2) is 61.1 Å². The summed E-state index contributed by atoms with van der Waals surface area (Å²) in [6.45, 7) is 12.7. The number of hydrogen-bond donors (Lipinski definition) is 3. The van der Waals surface area contributed by atoms with Gasteiger partial charge in [-0.3, -0.25) is 29.3 Å². The fourth-order valence-electron chi connectivity index (χ4n) is 7.03. The predicted molar refractivity (Wildman–Crippen MR) is 218 cm³/mol. The maximum Gasteiger partial charge on any atom is 0.407 e. The molecule has 7 rings (SSSR count). The minimum absolute atomic E-state index is 0.0849. The molecule has 1 fully saturated rings. The number of halogens is 4. The summed E-state index contributed by atoms with van der Waals surface area (Å²) in [7, 11) is 0. The molecule has 0 radical (unpaired) electrons. The Balaban J connectivity index is 0.924. The van der Waals surface area contributed by atoms with Crippen molar-refractivity contribution in [2.75, 3.05) is 39.7 Å². The number of nitrogens with one attached hydrogen (secondary N) is 3. The molecule has 0 spiro atoms. The second kappa shape index (κ2) is 16.4. The van der Waals surface area contributed by atoms with Crippen LogP contribution in [0.5, 0.6) is 0 Å². The summed E-state index contributed by atoms with van der Waals surface area (Å²) >= 11 is 5.53. The third kappa shape index (κ3) is 7.95. The Bertz CT molecular complexity index is 2560. The average Bonchev–Trinajstić information content (AvgIpc) is 3.81. The molecule has 20 heteroatoms. The topological polar surface area (TPSA) is 170 Å². The molecule has 2 aliphatic heterocycles. The number of anilines is 4. The van der Waals surface area contributed by atoms with Gasteiger partial charge in [0.2, 0.25) is 5.91 Å². The zero-order valence-electron chi connectivity index (χ0n) is 32.4. The van der Waals surface area contributed by atoms with Crippen molar-refractivity contribution < 1.29 is 31.9 Å². The molecular formula is C40H36F4N12O3S. The second-order valence-electron chi connectivity index (χ2n) is 14.5. The van der Waals surface area contributed by atoms with Crippen molar-refractivity contribution in [3.8, 4) is 22.8 Å². The normalized spacial score (nSPS) is 14.9. The first-order valence-corrected chi connectivity index (χ1v) is 19.1. The van der Waals surface area contributed by atoms with Crippen LogP contribution in [0.4, 0.5) is 46.3 Å². The summed E-state index contributed by atoms with van der Waals surface area (Å²) < 4.78 is 56.6. The van der Waals surface area contributed by atoms with Gasteiger partial charge >= 0.3 is 6.18 Å². The number of fused-ring (bicyclic) bond motifs is 1. The molecule has 0 saturated carbocycles. The van der Waals surface area contributed by atoms with E-state index in [1.165, 1.54) is 43.3 Å². The van der Waals surface area contributed by atoms with Gasteiger partial charge in [-0.15, -0.1) is 0 Å². The largest absolute Gasteiger partial charge is 0.407 e. The lowest BCUT2D eigenvalue weighted by molar-refractivity contribution is -0.137. The first-order valence-electron chi connectivity index (χ1n) is 18.7. The lowest BCUT2D eigenvalue weighted by atomic mass is 10.0. The average molecular weight is 841 g/mol. The number of aryl methyl sites for hydroxylation is 1. The predicted octanol–water partition coefficient (Wildman–Crippen LogP) is 7.01. The molecule has 3 N–H and O–H groups in total. The van der Waals surface area contributed by atoms with E-state index in [1.54, 1.807) is 17.2 Å². The molecule has 3 aromatic heterocycles. The number of alkyl halides is 3. The third-order valence-electron chi connectivity index (χ3n) is 10.1. The van der Waals surface area contributed by atoms with Gasteiger partial charge in [-0.25, -0.2) is 29.2 Å². The molecular weight excluding hydrogens is 805 g/mol. The molecule has 1 saturated heterocycles. The molecule has 5 aromatic rings. The Morgan fingerprint density at radius 2 is 1.77 bits per heavy atom. The Kier molecular flexibility index (Phi) is 11.3. The van der Waals surface area contributed by atoms with E-state index in [4.69, 9.17) is 23.8 Å². The van der Waals surface area contributed by atoms with Crippen LogP contribution in [0.3, 0.4) is 0 Å². The van der Waals surface area contributed by atoms with Gasteiger partial charge in [-0.1, -0.05) is 18.9 Å². The Morgan fingerprint density at radius 1 is 1.00 bits per heavy atom. The van der Waals surface area contributed by atoms with Crippen LogP contribution < -0.4 is 25.3 Å². The number of unbranched alkanes of at least 4 members (excludes halogenated alkanes) is 3. The van der Waals surface area contributed by atoms with Crippen LogP contribution in [0.1, 0.15) is 61.1 Å². The number of carbonyl (C=O) groups is 3. The highest BCUT2D eigenvalue weighted by Crippen LogP contribution is 2.42. The number of hydrogen-bond acceptors (Lipinski definition) is 10. The summed E-state index contributed by atoms with van der Waals surface area (Å²) in [6, 6.07) is 10.2. The maximum atomic E-state index is 15.5. The number of aromatic amines is 1. The van der Waals surface area contributed by atoms with Crippen LogP contribution in [0.25, 0.3) is 27.6 Å². The number of rotatable bonds is 12. The summed E-state index contributed by atoms with van der Waals surface area (Å²) in [5.74, 6) is -0.897. The highest BCUT2D eigenvalue weighted by atomic mass is 32.1. The first-order chi connectivity index (χ1) is 28.6. The molecule has 0 aliphatic carbocycles. The molecule has 5 heterocycles. The Labute approximate surface area is 346 Å². The van der Waals surface area contributed by atoms with Crippen molar-refractivity contribution in [3.63, 3.8) is 0 Å². The molecule has 2 aromatic carbocycles. The van der Waals surface area contributed by atoms with Crippen LogP contribution in [0, 0.1) is 19.3 Å². The van der Waals surface area contributed by atoms with Crippen LogP contribution in [-0.2, 0) is 15.8 Å². The zero-order valence-corrected chi connectivity index (χ0v) is 33.2. The minimum Gasteiger partial charge on any atom is -0.358 e. The summed E-state index contributed by atoms with van der Waals surface area (Å²) in [4.78, 5) is 64.3. The van der Waals surface area contributed by atoms with Crippen molar-refractivity contribution in [2.24, 2.45) is 0 Å². The molecule has 3 amide bonds. The highest BCUT2D eigenvalue weighted by Gasteiger charge is 2.51. The number of thiocarbonyl (C=S) groups is 1. The van der Waals surface area contributed by atoms with Gasteiger partial charge in [-0.2, -0.15) is 18.3 Å². The number of carbonyl (C=O) groups excluding carboxylic acids is 3. The highest BCUT2D eigenvalue weighted by molar-refractivity contribution is 7.81. The summed E-state index contributed by atoms with van der Waals surface area (Å²) in [5.41, 5.74) is -0.984. The Hall–Kier alpha value is -6.88. The third-order valence-corrected chi connectivity index (χ3v) is 10.5. The number of H-pyrrole nitrogens is 1. The minimum atomic E-state index is -4.86. The number of benzene rings is 2. The zero-order chi connectivity index (χ0) is 42.9. The van der Waals surface area contributed by atoms with E-state index < -0.39 is 40.6 Å². The van der Waals surface area contributed by atoms with E-state index in [-0.39, 0.29) is 41.0 Å². The molecule has 15 nitrogen and oxygen atoms in total. The van der Waals surface area contributed by atoms with Crippen LogP contribution in [-0.4, -0.2) is 78.1 Å². The fourth-order valence-corrected chi connectivity index (χ4v) is 7.56. The smallest absolute Gasteiger partial charge is 0.358 e. The van der Waals surface area contributed by atoms with E-state index in [9.17, 15) is 27.6 Å². The standard InChI is InChI=1S/C40H36F4N12O3S/c1-22-25(12-14-30(51-22)33-49-21-50-53-33)31-19-47-34-35(52-31)54(32(57)20-48-34)16-8-6-5-7-15-46-36(58)26-11-9-24(18-28(26)41)56-38(60)55(37(59)39(56,2)3)23-10-13-29(45-4)27(17-23)40(42,43)44/h9-14,17-19,21H,5-8,15-16,20H2,1-3H3,(H,46,58)(H,47,48)(H,49,50,53). The quantitative estimate of drug-likeness (QED) is 0.0512. The second-order valence-corrected chi connectivity index (χ2v) is 14.8. The lowest BCUT2D eigenvalue weighted by Crippen LogP contribution is -2.44. The molecule has 0 unspecified atom stereocenters. The van der Waals surface area contributed by atoms with E-state index in [0.29, 0.717) is 66.4 Å². The van der Waals surface area contributed by atoms with Gasteiger partial charge in [0, 0.05) is 35.7 Å². The SMILES string of the molecule is [C-]#[N+]c1ccc(N2C(=O)C(C)(C)N(c3ccc(C(=O)NCCCCCCN4C(=O)CNc5ncc(-c6ccc(-c7ncn[nH]7)nc6C)nc54)c(F)c3)C2=S)cc1C(F)(F)F. The monoisotopic (exact) mass is 840 g/mol. The summed E-state index contributed by atoms with van der Waals surface area (Å²) in [5, 5.41) is 12.2. The van der Waals surface area contributed by atoms with E-state index >= 15 is 4.39 Å². The first kappa shape index (κ1) is 41.3. The van der Waals surface area contributed by atoms with Gasteiger partial charge < -0.3 is 15.5 Å². The van der Waals surface area contributed by atoms with Gasteiger partial charge in [0.25, 0.3) is 11.8 Å². The molecule has 2 aliphatic rings. The van der Waals surface area contributed by atoms with Gasteiger partial charge in [0.05, 0.1) is 36.1 Å². The number of amides is 3. The van der Waals surface area contributed by atoms with Crippen LogP contribution >= 0.6 is 12.2 Å². The number of aromatic nitrogens is 6. The van der Waals surface area contributed by atoms with Crippen molar-refractivity contribution in [1.82, 2.24) is 35.5 Å². The number of nitrogens with zero attached hydrogens (tertiary/aromatic N) is 9. The number of pyridine rings is 1. The maximum absolute atomic E-state index is 15.5. The Morgan fingerprint density at radius 3 is 2.47 bits per heavy atom. The van der Waals surface area contributed by atoms with E-state index in [1.807, 2.05) is 13.0 Å². The molecule has 308 valence electrons. The van der Waals surface area contributed by atoms with Gasteiger partial charge in [-0.05, 0) is 88.3 Å². The fraction of sp³-hybridized carbons (Fsp3) is 0.300. The van der Waals surface area contributed by atoms with Crippen molar-refractivity contribution >= 4 is 63.7 Å². The molecule has 60 heavy (non-hydrogen) atoms. The molecule has 0 atom stereocenters. The van der Waals surface area contributed by atoms with E-state index in [0.717, 1.165) is 29.0 Å². The van der Waals surface area contributed by atoms with Gasteiger partial charge in [0.1, 0.15) is 23.4 Å². The van der Waals surface area contributed by atoms with Gasteiger partial charge in [0.15, 0.2) is 28.3 Å². The summed E-state index contributed by atoms with van der Waals surface area (Å²) in [6.07, 6.45) is 0.850. The van der Waals surface area contributed by atoms with E-state index in [2.05, 4.69) is 40.6 Å².